The van der Waals surface area contributed by atoms with Crippen molar-refractivity contribution in [3.63, 3.8) is 0 Å². The van der Waals surface area contributed by atoms with Crippen LogP contribution in [-0.4, -0.2) is 47.8 Å². The molecule has 0 unspecified atom stereocenters. The Morgan fingerprint density at radius 3 is 2.67 bits per heavy atom. The number of fused-ring (bicyclic) bond motifs is 1. The third-order valence-electron chi connectivity index (χ3n) is 3.67. The highest BCUT2D eigenvalue weighted by atomic mass is 16.6. The SMILES string of the molecule is CC(C)(C)Oc1ccc2c(OC(=O)N3CCNCC3)ccnc2c1. The van der Waals surface area contributed by atoms with Crippen LogP contribution < -0.4 is 14.8 Å². The fourth-order valence-electron chi connectivity index (χ4n) is 2.61. The average molecular weight is 329 g/mol. The monoisotopic (exact) mass is 329 g/mol. The first-order chi connectivity index (χ1) is 11.4. The molecule has 2 heterocycles. The molecule has 0 radical (unpaired) electrons. The summed E-state index contributed by atoms with van der Waals surface area (Å²) in [5.41, 5.74) is 0.461. The van der Waals surface area contributed by atoms with Gasteiger partial charge in [0, 0.05) is 43.8 Å². The van der Waals surface area contributed by atoms with Gasteiger partial charge in [-0.05, 0) is 39.0 Å². The number of benzene rings is 1. The van der Waals surface area contributed by atoms with Crippen molar-refractivity contribution in [2.45, 2.75) is 26.4 Å². The molecule has 1 N–H and O–H groups in total. The molecule has 0 aliphatic carbocycles. The number of nitrogens with zero attached hydrogens (tertiary/aromatic N) is 2. The summed E-state index contributed by atoms with van der Waals surface area (Å²) in [7, 11) is 0. The predicted octanol–water partition coefficient (Wildman–Crippen LogP) is 2.82. The van der Waals surface area contributed by atoms with E-state index in [1.165, 1.54) is 0 Å². The van der Waals surface area contributed by atoms with E-state index in [4.69, 9.17) is 9.47 Å². The molecule has 1 aliphatic heterocycles. The molecular weight excluding hydrogens is 306 g/mol. The van der Waals surface area contributed by atoms with Crippen molar-refractivity contribution in [3.8, 4) is 11.5 Å². The van der Waals surface area contributed by atoms with Crippen molar-refractivity contribution in [3.05, 3.63) is 30.5 Å². The minimum absolute atomic E-state index is 0.278. The molecule has 6 nitrogen and oxygen atoms in total. The molecule has 24 heavy (non-hydrogen) atoms. The molecule has 6 heteroatoms. The van der Waals surface area contributed by atoms with Crippen LogP contribution in [0, 0.1) is 0 Å². The zero-order valence-electron chi connectivity index (χ0n) is 14.3. The fraction of sp³-hybridized carbons (Fsp3) is 0.444. The van der Waals surface area contributed by atoms with Gasteiger partial charge >= 0.3 is 6.09 Å². The van der Waals surface area contributed by atoms with Gasteiger partial charge < -0.3 is 19.7 Å². The summed E-state index contributed by atoms with van der Waals surface area (Å²) in [6, 6.07) is 7.33. The molecule has 1 saturated heterocycles. The lowest BCUT2D eigenvalue weighted by Crippen LogP contribution is -2.47. The van der Waals surface area contributed by atoms with E-state index in [9.17, 15) is 4.79 Å². The molecule has 0 atom stereocenters. The Morgan fingerprint density at radius 2 is 1.96 bits per heavy atom. The van der Waals surface area contributed by atoms with Crippen LogP contribution in [0.15, 0.2) is 30.5 Å². The van der Waals surface area contributed by atoms with E-state index in [1.807, 2.05) is 39.0 Å². The number of hydrogen-bond donors (Lipinski definition) is 1. The van der Waals surface area contributed by atoms with Gasteiger partial charge in [0.25, 0.3) is 0 Å². The third kappa shape index (κ3) is 3.94. The van der Waals surface area contributed by atoms with Crippen LogP contribution in [0.5, 0.6) is 11.5 Å². The normalized spacial score (nSPS) is 15.4. The average Bonchev–Trinajstić information content (AvgIpc) is 2.54. The standard InChI is InChI=1S/C18H23N3O3/c1-18(2,3)24-13-4-5-14-15(12-13)20-7-6-16(14)23-17(22)21-10-8-19-9-11-21/h4-7,12,19H,8-11H2,1-3H3. The van der Waals surface area contributed by atoms with Crippen LogP contribution >= 0.6 is 0 Å². The number of hydrogen-bond acceptors (Lipinski definition) is 5. The first kappa shape index (κ1) is 16.5. The van der Waals surface area contributed by atoms with Crippen LogP contribution in [0.3, 0.4) is 0 Å². The van der Waals surface area contributed by atoms with E-state index in [0.717, 1.165) is 29.7 Å². The number of amides is 1. The molecule has 3 rings (SSSR count). The highest BCUT2D eigenvalue weighted by molar-refractivity contribution is 5.88. The summed E-state index contributed by atoms with van der Waals surface area (Å²) in [6.07, 6.45) is 1.32. The van der Waals surface area contributed by atoms with Crippen LogP contribution in [0.1, 0.15) is 20.8 Å². The lowest BCUT2D eigenvalue weighted by atomic mass is 10.1. The van der Waals surface area contributed by atoms with Crippen LogP contribution in [-0.2, 0) is 0 Å². The Balaban J connectivity index is 1.82. The molecular formula is C18H23N3O3. The minimum atomic E-state index is -0.320. The molecule has 0 bridgehead atoms. The highest BCUT2D eigenvalue weighted by Gasteiger charge is 2.19. The van der Waals surface area contributed by atoms with Crippen molar-refractivity contribution in [1.82, 2.24) is 15.2 Å². The van der Waals surface area contributed by atoms with Gasteiger partial charge in [-0.15, -0.1) is 0 Å². The van der Waals surface area contributed by atoms with E-state index < -0.39 is 0 Å². The molecule has 1 aromatic heterocycles. The fourth-order valence-corrected chi connectivity index (χ4v) is 2.61. The van der Waals surface area contributed by atoms with Gasteiger partial charge in [0.15, 0.2) is 0 Å². The van der Waals surface area contributed by atoms with Gasteiger partial charge in [0.1, 0.15) is 17.1 Å². The number of aromatic nitrogens is 1. The molecule has 1 amide bonds. The Morgan fingerprint density at radius 1 is 1.21 bits per heavy atom. The van der Waals surface area contributed by atoms with E-state index >= 15 is 0 Å². The number of nitrogens with one attached hydrogen (secondary N) is 1. The Kier molecular flexibility index (Phi) is 4.57. The van der Waals surface area contributed by atoms with Crippen LogP contribution in [0.2, 0.25) is 0 Å². The van der Waals surface area contributed by atoms with Crippen molar-refractivity contribution in [1.29, 1.82) is 0 Å². The molecule has 1 aromatic carbocycles. The first-order valence-corrected chi connectivity index (χ1v) is 8.18. The third-order valence-corrected chi connectivity index (χ3v) is 3.67. The molecule has 128 valence electrons. The topological polar surface area (TPSA) is 63.7 Å². The van der Waals surface area contributed by atoms with E-state index in [0.29, 0.717) is 18.8 Å². The summed E-state index contributed by atoms with van der Waals surface area (Å²) in [5, 5.41) is 4.01. The van der Waals surface area contributed by atoms with Gasteiger partial charge in [-0.2, -0.15) is 0 Å². The predicted molar refractivity (Wildman–Crippen MR) is 92.6 cm³/mol. The lowest BCUT2D eigenvalue weighted by Gasteiger charge is -2.26. The van der Waals surface area contributed by atoms with Gasteiger partial charge in [0.2, 0.25) is 0 Å². The Bertz CT molecular complexity index is 734. The number of piperazine rings is 1. The highest BCUT2D eigenvalue weighted by Crippen LogP contribution is 2.29. The number of carbonyl (C=O) groups is 1. The zero-order valence-corrected chi connectivity index (χ0v) is 14.3. The number of pyridine rings is 1. The second kappa shape index (κ2) is 6.65. The number of rotatable bonds is 2. The van der Waals surface area contributed by atoms with Crippen molar-refractivity contribution < 1.29 is 14.3 Å². The number of carbonyl (C=O) groups excluding carboxylic acids is 1. The maximum absolute atomic E-state index is 12.3. The Hall–Kier alpha value is -2.34. The van der Waals surface area contributed by atoms with E-state index in [-0.39, 0.29) is 11.7 Å². The van der Waals surface area contributed by atoms with Crippen molar-refractivity contribution in [2.24, 2.45) is 0 Å². The maximum atomic E-state index is 12.3. The summed E-state index contributed by atoms with van der Waals surface area (Å²) in [4.78, 5) is 18.4. The summed E-state index contributed by atoms with van der Waals surface area (Å²) in [5.74, 6) is 1.26. The van der Waals surface area contributed by atoms with Crippen molar-refractivity contribution >= 4 is 17.0 Å². The number of ether oxygens (including phenoxy) is 2. The van der Waals surface area contributed by atoms with Gasteiger partial charge in [-0.3, -0.25) is 4.98 Å². The lowest BCUT2D eigenvalue weighted by molar-refractivity contribution is 0.131. The molecule has 1 aliphatic rings. The smallest absolute Gasteiger partial charge is 0.415 e. The summed E-state index contributed by atoms with van der Waals surface area (Å²) >= 11 is 0. The quantitative estimate of drug-likeness (QED) is 0.918. The van der Waals surface area contributed by atoms with E-state index in [1.54, 1.807) is 17.2 Å². The van der Waals surface area contributed by atoms with Crippen molar-refractivity contribution in [2.75, 3.05) is 26.2 Å². The van der Waals surface area contributed by atoms with Gasteiger partial charge in [-0.1, -0.05) is 0 Å². The molecule has 2 aromatic rings. The van der Waals surface area contributed by atoms with E-state index in [2.05, 4.69) is 10.3 Å². The van der Waals surface area contributed by atoms with Gasteiger partial charge in [0.05, 0.1) is 5.52 Å². The van der Waals surface area contributed by atoms with Crippen LogP contribution in [0.25, 0.3) is 10.9 Å². The summed E-state index contributed by atoms with van der Waals surface area (Å²) < 4.78 is 11.4. The largest absolute Gasteiger partial charge is 0.488 e. The van der Waals surface area contributed by atoms with Crippen LogP contribution in [0.4, 0.5) is 4.79 Å². The second-order valence-electron chi connectivity index (χ2n) is 6.81. The molecule has 0 spiro atoms. The second-order valence-corrected chi connectivity index (χ2v) is 6.81. The Labute approximate surface area is 141 Å². The molecule has 0 saturated carbocycles. The first-order valence-electron chi connectivity index (χ1n) is 8.18. The molecule has 1 fully saturated rings. The van der Waals surface area contributed by atoms with Gasteiger partial charge in [-0.25, -0.2) is 4.79 Å². The zero-order chi connectivity index (χ0) is 17.2. The maximum Gasteiger partial charge on any atom is 0.415 e. The summed E-state index contributed by atoms with van der Waals surface area (Å²) in [6.45, 7) is 8.89. The minimum Gasteiger partial charge on any atom is -0.488 e.